The van der Waals surface area contributed by atoms with Crippen LogP contribution in [0.1, 0.15) is 24.0 Å². The van der Waals surface area contributed by atoms with E-state index in [0.29, 0.717) is 5.56 Å². The zero-order valence-electron chi connectivity index (χ0n) is 14.0. The smallest absolute Gasteiger partial charge is 0.314 e. The molecule has 0 radical (unpaired) electrons. The van der Waals surface area contributed by atoms with Crippen molar-refractivity contribution < 1.29 is 18.3 Å². The van der Waals surface area contributed by atoms with Crippen LogP contribution in [0.15, 0.2) is 59.5 Å². The maximum atomic E-state index is 12.8. The SMILES string of the molecule is N#Cc1cccc(S(=O)(=O)N2CCC(C(=O)O)(c3ccccc3)CC2)c1. The number of benzene rings is 2. The molecule has 134 valence electrons. The fraction of sp³-hybridized carbons (Fsp3) is 0.263. The van der Waals surface area contributed by atoms with E-state index in [9.17, 15) is 18.3 Å². The number of hydrogen-bond donors (Lipinski definition) is 1. The first kappa shape index (κ1) is 18.1. The number of rotatable bonds is 4. The van der Waals surface area contributed by atoms with E-state index >= 15 is 0 Å². The van der Waals surface area contributed by atoms with Gasteiger partial charge in [-0.05, 0) is 36.6 Å². The summed E-state index contributed by atoms with van der Waals surface area (Å²) >= 11 is 0. The van der Waals surface area contributed by atoms with Gasteiger partial charge in [0.05, 0.1) is 21.9 Å². The molecule has 0 aliphatic carbocycles. The molecule has 1 aliphatic rings. The van der Waals surface area contributed by atoms with Gasteiger partial charge in [0.15, 0.2) is 0 Å². The number of piperidine rings is 1. The molecule has 1 fully saturated rings. The van der Waals surface area contributed by atoms with E-state index < -0.39 is 21.4 Å². The second-order valence-corrected chi connectivity index (χ2v) is 8.23. The van der Waals surface area contributed by atoms with Gasteiger partial charge in [0.25, 0.3) is 0 Å². The quantitative estimate of drug-likeness (QED) is 0.891. The Morgan fingerprint density at radius 3 is 2.31 bits per heavy atom. The maximum absolute atomic E-state index is 12.8. The van der Waals surface area contributed by atoms with E-state index in [1.54, 1.807) is 30.3 Å². The largest absolute Gasteiger partial charge is 0.481 e. The number of hydrogen-bond acceptors (Lipinski definition) is 4. The molecular weight excluding hydrogens is 352 g/mol. The van der Waals surface area contributed by atoms with Gasteiger partial charge in [0.2, 0.25) is 10.0 Å². The number of aliphatic carboxylic acids is 1. The summed E-state index contributed by atoms with van der Waals surface area (Å²) < 4.78 is 27.0. The van der Waals surface area contributed by atoms with Crippen molar-refractivity contribution in [3.8, 4) is 6.07 Å². The van der Waals surface area contributed by atoms with Crippen molar-refractivity contribution >= 4 is 16.0 Å². The normalized spacial score (nSPS) is 17.3. The Bertz CT molecular complexity index is 957. The van der Waals surface area contributed by atoms with Gasteiger partial charge in [-0.1, -0.05) is 36.4 Å². The van der Waals surface area contributed by atoms with Crippen LogP contribution < -0.4 is 0 Å². The van der Waals surface area contributed by atoms with E-state index in [1.807, 2.05) is 12.1 Å². The molecule has 0 bridgehead atoms. The van der Waals surface area contributed by atoms with Gasteiger partial charge in [-0.15, -0.1) is 0 Å². The molecule has 1 N–H and O–H groups in total. The first-order valence-corrected chi connectivity index (χ1v) is 9.63. The first-order chi connectivity index (χ1) is 12.4. The lowest BCUT2D eigenvalue weighted by atomic mass is 9.73. The van der Waals surface area contributed by atoms with Gasteiger partial charge >= 0.3 is 5.97 Å². The summed E-state index contributed by atoms with van der Waals surface area (Å²) in [4.78, 5) is 12.0. The van der Waals surface area contributed by atoms with Crippen molar-refractivity contribution in [2.75, 3.05) is 13.1 Å². The van der Waals surface area contributed by atoms with E-state index in [4.69, 9.17) is 5.26 Å². The molecule has 1 heterocycles. The number of nitrogens with zero attached hydrogens (tertiary/aromatic N) is 2. The minimum atomic E-state index is -3.76. The van der Waals surface area contributed by atoms with Crippen LogP contribution in [0.2, 0.25) is 0 Å². The molecule has 2 aromatic carbocycles. The lowest BCUT2D eigenvalue weighted by Gasteiger charge is -2.38. The van der Waals surface area contributed by atoms with Crippen LogP contribution in [0.4, 0.5) is 0 Å². The number of carboxylic acid groups (broad SMARTS) is 1. The highest BCUT2D eigenvalue weighted by Gasteiger charge is 2.45. The Morgan fingerprint density at radius 2 is 1.73 bits per heavy atom. The van der Waals surface area contributed by atoms with Crippen molar-refractivity contribution in [3.05, 3.63) is 65.7 Å². The molecule has 0 spiro atoms. The Morgan fingerprint density at radius 1 is 1.08 bits per heavy atom. The van der Waals surface area contributed by atoms with Gasteiger partial charge in [0.1, 0.15) is 0 Å². The summed E-state index contributed by atoms with van der Waals surface area (Å²) in [6.45, 7) is 0.223. The van der Waals surface area contributed by atoms with E-state index in [2.05, 4.69) is 0 Å². The Kier molecular flexibility index (Phi) is 4.81. The molecule has 0 saturated carbocycles. The molecule has 6 nitrogen and oxygen atoms in total. The minimum absolute atomic E-state index is 0.0547. The van der Waals surface area contributed by atoms with Crippen LogP contribution in [0.3, 0.4) is 0 Å². The predicted octanol–water partition coefficient (Wildman–Crippen LogP) is 2.37. The van der Waals surface area contributed by atoms with Gasteiger partial charge in [0, 0.05) is 13.1 Å². The zero-order chi connectivity index (χ0) is 18.8. The first-order valence-electron chi connectivity index (χ1n) is 8.19. The molecule has 1 saturated heterocycles. The van der Waals surface area contributed by atoms with Gasteiger partial charge in [-0.2, -0.15) is 9.57 Å². The standard InChI is InChI=1S/C19H18N2O4S/c20-14-15-5-4-8-17(13-15)26(24,25)21-11-9-19(10-12-21,18(22)23)16-6-2-1-3-7-16/h1-8,13H,9-12H2,(H,22,23). The monoisotopic (exact) mass is 370 g/mol. The Balaban J connectivity index is 1.87. The molecule has 0 amide bonds. The van der Waals surface area contributed by atoms with Crippen molar-refractivity contribution in [3.63, 3.8) is 0 Å². The molecule has 0 unspecified atom stereocenters. The summed E-state index contributed by atoms with van der Waals surface area (Å²) in [5, 5.41) is 18.8. The van der Waals surface area contributed by atoms with Gasteiger partial charge < -0.3 is 5.11 Å². The third kappa shape index (κ3) is 3.09. The number of carboxylic acids is 1. The summed E-state index contributed by atoms with van der Waals surface area (Å²) in [5.41, 5.74) is -0.120. The summed E-state index contributed by atoms with van der Waals surface area (Å²) in [5.74, 6) is -0.938. The average Bonchev–Trinajstić information content (AvgIpc) is 2.68. The van der Waals surface area contributed by atoms with Crippen molar-refractivity contribution in [1.29, 1.82) is 5.26 Å². The molecule has 0 atom stereocenters. The Hall–Kier alpha value is -2.69. The average molecular weight is 370 g/mol. The maximum Gasteiger partial charge on any atom is 0.314 e. The lowest BCUT2D eigenvalue weighted by Crippen LogP contribution is -2.49. The summed E-state index contributed by atoms with van der Waals surface area (Å²) in [6, 6.07) is 16.7. The third-order valence-corrected chi connectivity index (χ3v) is 6.81. The predicted molar refractivity (Wildman–Crippen MR) is 94.9 cm³/mol. The molecule has 2 aromatic rings. The molecular formula is C19H18N2O4S. The van der Waals surface area contributed by atoms with E-state index in [0.717, 1.165) is 0 Å². The summed E-state index contributed by atoms with van der Waals surface area (Å²) in [7, 11) is -3.76. The molecule has 0 aromatic heterocycles. The van der Waals surface area contributed by atoms with Crippen molar-refractivity contribution in [2.24, 2.45) is 0 Å². The van der Waals surface area contributed by atoms with Gasteiger partial charge in [-0.3, -0.25) is 4.79 Å². The van der Waals surface area contributed by atoms with Crippen LogP contribution >= 0.6 is 0 Å². The van der Waals surface area contributed by atoms with Crippen molar-refractivity contribution in [1.82, 2.24) is 4.31 Å². The van der Waals surface area contributed by atoms with Crippen LogP contribution in [0.5, 0.6) is 0 Å². The molecule has 26 heavy (non-hydrogen) atoms. The number of sulfonamides is 1. The van der Waals surface area contributed by atoms with Crippen LogP contribution in [-0.4, -0.2) is 36.9 Å². The second kappa shape index (κ2) is 6.90. The lowest BCUT2D eigenvalue weighted by molar-refractivity contribution is -0.145. The minimum Gasteiger partial charge on any atom is -0.481 e. The topological polar surface area (TPSA) is 98.5 Å². The molecule has 3 rings (SSSR count). The van der Waals surface area contributed by atoms with E-state index in [1.165, 1.54) is 22.5 Å². The highest BCUT2D eigenvalue weighted by atomic mass is 32.2. The highest BCUT2D eigenvalue weighted by Crippen LogP contribution is 2.37. The Labute approximate surface area is 152 Å². The van der Waals surface area contributed by atoms with Crippen LogP contribution in [0, 0.1) is 11.3 Å². The fourth-order valence-electron chi connectivity index (χ4n) is 3.37. The molecule has 1 aliphatic heterocycles. The molecule has 7 heteroatoms. The second-order valence-electron chi connectivity index (χ2n) is 6.30. The van der Waals surface area contributed by atoms with E-state index in [-0.39, 0.29) is 36.4 Å². The third-order valence-electron chi connectivity index (χ3n) is 4.91. The summed E-state index contributed by atoms with van der Waals surface area (Å²) in [6.07, 6.45) is 0.396. The van der Waals surface area contributed by atoms with Crippen LogP contribution in [-0.2, 0) is 20.2 Å². The van der Waals surface area contributed by atoms with Crippen molar-refractivity contribution in [2.45, 2.75) is 23.2 Å². The highest BCUT2D eigenvalue weighted by molar-refractivity contribution is 7.89. The zero-order valence-corrected chi connectivity index (χ0v) is 14.8. The number of nitriles is 1. The van der Waals surface area contributed by atoms with Gasteiger partial charge in [-0.25, -0.2) is 8.42 Å². The fourth-order valence-corrected chi connectivity index (χ4v) is 4.85. The number of carbonyl (C=O) groups is 1. The van der Waals surface area contributed by atoms with Crippen LogP contribution in [0.25, 0.3) is 0 Å².